The molecule has 31 heavy (non-hydrogen) atoms. The summed E-state index contributed by atoms with van der Waals surface area (Å²) in [6.45, 7) is 3.46. The van der Waals surface area contributed by atoms with Crippen LogP contribution in [0.3, 0.4) is 0 Å². The van der Waals surface area contributed by atoms with E-state index >= 15 is 0 Å². The van der Waals surface area contributed by atoms with Gasteiger partial charge in [0.1, 0.15) is 5.00 Å². The maximum atomic E-state index is 12.6. The van der Waals surface area contributed by atoms with Gasteiger partial charge in [0.2, 0.25) is 0 Å². The van der Waals surface area contributed by atoms with Crippen LogP contribution in [0, 0.1) is 11.8 Å². The Balaban J connectivity index is 1.40. The summed E-state index contributed by atoms with van der Waals surface area (Å²) in [6.07, 6.45) is 5.92. The van der Waals surface area contributed by atoms with Crippen molar-refractivity contribution in [1.82, 2.24) is 4.90 Å². The summed E-state index contributed by atoms with van der Waals surface area (Å²) < 4.78 is 0. The van der Waals surface area contributed by atoms with E-state index in [4.69, 9.17) is 17.3 Å². The Morgan fingerprint density at radius 2 is 1.97 bits per heavy atom. The zero-order chi connectivity index (χ0) is 21.7. The number of carbonyl (C=O) groups excluding carboxylic acids is 2. The molecular formula is C23H27ClN4O2S. The Bertz CT molecular complexity index is 1020. The topological polar surface area (TPSA) is 87.5 Å². The van der Waals surface area contributed by atoms with Crippen LogP contribution in [0.25, 0.3) is 0 Å². The van der Waals surface area contributed by atoms with Gasteiger partial charge in [0.15, 0.2) is 0 Å². The summed E-state index contributed by atoms with van der Waals surface area (Å²) in [6, 6.07) is 7.26. The van der Waals surface area contributed by atoms with Crippen LogP contribution in [-0.2, 0) is 6.42 Å². The van der Waals surface area contributed by atoms with Crippen molar-refractivity contribution >= 4 is 45.6 Å². The molecule has 2 aromatic rings. The average Bonchev–Trinajstić information content (AvgIpc) is 3.15. The molecule has 1 aliphatic carbocycles. The number of rotatable bonds is 5. The van der Waals surface area contributed by atoms with Crippen LogP contribution in [0.15, 0.2) is 24.3 Å². The van der Waals surface area contributed by atoms with E-state index in [1.165, 1.54) is 35.5 Å². The van der Waals surface area contributed by atoms with E-state index in [2.05, 4.69) is 22.5 Å². The highest BCUT2D eigenvalue weighted by Crippen LogP contribution is 2.53. The third-order valence-electron chi connectivity index (χ3n) is 7.10. The van der Waals surface area contributed by atoms with Gasteiger partial charge in [-0.1, -0.05) is 24.9 Å². The number of fused-ring (bicyclic) bond motifs is 4. The zero-order valence-electron chi connectivity index (χ0n) is 17.5. The summed E-state index contributed by atoms with van der Waals surface area (Å²) in [4.78, 5) is 28.9. The molecule has 0 spiro atoms. The molecule has 2 bridgehead atoms. The standard InChI is InChI=1S/C23H27ClN4O2S/c1-12-9-18-20-16(10-17(12)28(18)11-13-3-2-4-13)19(21(25)29)22(31-20)27-23(30)26-15-7-5-14(24)6-8-15/h5-8,12-13,17-18H,2-4,9-11H2,1H3,(H2,25,29)(H2,26,27,30). The van der Waals surface area contributed by atoms with Crippen LogP contribution in [0.5, 0.6) is 0 Å². The number of amides is 3. The quantitative estimate of drug-likeness (QED) is 0.571. The molecule has 0 radical (unpaired) electrons. The number of halogens is 1. The molecular weight excluding hydrogens is 432 g/mol. The monoisotopic (exact) mass is 458 g/mol. The van der Waals surface area contributed by atoms with Gasteiger partial charge in [-0.05, 0) is 67.3 Å². The third kappa shape index (κ3) is 3.83. The first kappa shape index (κ1) is 20.8. The van der Waals surface area contributed by atoms with Crippen molar-refractivity contribution in [3.05, 3.63) is 45.3 Å². The Hall–Kier alpha value is -2.09. The highest BCUT2D eigenvalue weighted by molar-refractivity contribution is 7.17. The summed E-state index contributed by atoms with van der Waals surface area (Å²) in [7, 11) is 0. The van der Waals surface area contributed by atoms with Crippen molar-refractivity contribution < 1.29 is 9.59 Å². The Morgan fingerprint density at radius 1 is 1.23 bits per heavy atom. The smallest absolute Gasteiger partial charge is 0.324 e. The number of hydrogen-bond acceptors (Lipinski definition) is 4. The highest BCUT2D eigenvalue weighted by Gasteiger charge is 2.47. The minimum absolute atomic E-state index is 0.322. The second-order valence-corrected chi connectivity index (χ2v) is 10.6. The second kappa shape index (κ2) is 8.11. The van der Waals surface area contributed by atoms with E-state index in [-0.39, 0.29) is 0 Å². The fourth-order valence-electron chi connectivity index (χ4n) is 5.33. The van der Waals surface area contributed by atoms with Crippen LogP contribution in [0.4, 0.5) is 15.5 Å². The lowest BCUT2D eigenvalue weighted by atomic mass is 9.83. The first-order valence-corrected chi connectivity index (χ1v) is 12.1. The number of anilines is 2. The summed E-state index contributed by atoms with van der Waals surface area (Å²) in [5.74, 6) is 0.920. The molecule has 3 atom stereocenters. The lowest BCUT2D eigenvalue weighted by Crippen LogP contribution is -2.43. The van der Waals surface area contributed by atoms with E-state index in [0.717, 1.165) is 30.9 Å². The molecule has 1 saturated heterocycles. The van der Waals surface area contributed by atoms with Crippen LogP contribution >= 0.6 is 22.9 Å². The SMILES string of the molecule is CC1CC2c3sc(NC(=O)Nc4ccc(Cl)cc4)c(C(N)=O)c3CC1N2CC1CCC1. The van der Waals surface area contributed by atoms with Crippen molar-refractivity contribution in [3.63, 3.8) is 0 Å². The number of primary amides is 1. The van der Waals surface area contributed by atoms with Gasteiger partial charge in [-0.3, -0.25) is 15.0 Å². The molecule has 2 aliphatic heterocycles. The van der Waals surface area contributed by atoms with E-state index < -0.39 is 11.9 Å². The Morgan fingerprint density at radius 3 is 2.61 bits per heavy atom. The number of nitrogens with zero attached hydrogens (tertiary/aromatic N) is 1. The molecule has 164 valence electrons. The van der Waals surface area contributed by atoms with Crippen LogP contribution in [-0.4, -0.2) is 29.4 Å². The molecule has 6 nitrogen and oxygen atoms in total. The molecule has 4 N–H and O–H groups in total. The van der Waals surface area contributed by atoms with Crippen molar-refractivity contribution in [2.45, 2.75) is 51.1 Å². The number of carbonyl (C=O) groups is 2. The first-order valence-electron chi connectivity index (χ1n) is 11.0. The molecule has 5 rings (SSSR count). The van der Waals surface area contributed by atoms with Crippen LogP contribution in [0.2, 0.25) is 5.02 Å². The zero-order valence-corrected chi connectivity index (χ0v) is 19.1. The number of hydrogen-bond donors (Lipinski definition) is 3. The molecule has 1 saturated carbocycles. The number of nitrogens with two attached hydrogens (primary N) is 1. The molecule has 8 heteroatoms. The Kier molecular flexibility index (Phi) is 5.44. The number of thiophene rings is 1. The molecule has 1 aromatic carbocycles. The fraction of sp³-hybridized carbons (Fsp3) is 0.478. The van der Waals surface area contributed by atoms with Crippen LogP contribution in [0.1, 0.15) is 59.4 Å². The minimum atomic E-state index is -0.473. The van der Waals surface area contributed by atoms with Crippen molar-refractivity contribution in [2.24, 2.45) is 17.6 Å². The van der Waals surface area contributed by atoms with Gasteiger partial charge in [0, 0.05) is 34.2 Å². The van der Waals surface area contributed by atoms with E-state index in [9.17, 15) is 9.59 Å². The second-order valence-electron chi connectivity index (χ2n) is 9.09. The number of nitrogens with one attached hydrogen (secondary N) is 2. The first-order chi connectivity index (χ1) is 14.9. The highest BCUT2D eigenvalue weighted by atomic mass is 35.5. The summed E-state index contributed by atoms with van der Waals surface area (Å²) >= 11 is 7.42. The summed E-state index contributed by atoms with van der Waals surface area (Å²) in [5.41, 5.74) is 7.95. The average molecular weight is 459 g/mol. The number of urea groups is 1. The van der Waals surface area contributed by atoms with E-state index in [0.29, 0.717) is 39.3 Å². The molecule has 1 aromatic heterocycles. The molecule has 2 fully saturated rings. The van der Waals surface area contributed by atoms with E-state index in [1.54, 1.807) is 24.3 Å². The predicted octanol–water partition coefficient (Wildman–Crippen LogP) is 5.25. The van der Waals surface area contributed by atoms with Gasteiger partial charge in [-0.15, -0.1) is 11.3 Å². The lowest BCUT2D eigenvalue weighted by Gasteiger charge is -2.40. The van der Waals surface area contributed by atoms with Gasteiger partial charge in [0.25, 0.3) is 5.91 Å². The van der Waals surface area contributed by atoms with E-state index in [1.807, 2.05) is 0 Å². The van der Waals surface area contributed by atoms with Gasteiger partial charge >= 0.3 is 6.03 Å². The molecule has 3 amide bonds. The van der Waals surface area contributed by atoms with Gasteiger partial charge in [-0.25, -0.2) is 4.79 Å². The van der Waals surface area contributed by atoms with Crippen LogP contribution < -0.4 is 16.4 Å². The molecule has 3 heterocycles. The minimum Gasteiger partial charge on any atom is -0.365 e. The van der Waals surface area contributed by atoms with Crippen molar-refractivity contribution in [2.75, 3.05) is 17.2 Å². The molecule has 3 unspecified atom stereocenters. The fourth-order valence-corrected chi connectivity index (χ4v) is 6.82. The van der Waals surface area contributed by atoms with Gasteiger partial charge in [0.05, 0.1) is 5.56 Å². The normalized spacial score (nSPS) is 25.0. The van der Waals surface area contributed by atoms with Gasteiger partial charge in [-0.2, -0.15) is 0 Å². The van der Waals surface area contributed by atoms with Gasteiger partial charge < -0.3 is 11.1 Å². The lowest BCUT2D eigenvalue weighted by molar-refractivity contribution is 0.0991. The largest absolute Gasteiger partial charge is 0.365 e. The molecule has 3 aliphatic rings. The third-order valence-corrected chi connectivity index (χ3v) is 8.60. The predicted molar refractivity (Wildman–Crippen MR) is 125 cm³/mol. The summed E-state index contributed by atoms with van der Waals surface area (Å²) in [5, 5.41) is 6.82. The Labute approximate surface area is 191 Å². The maximum Gasteiger partial charge on any atom is 0.324 e. The van der Waals surface area contributed by atoms with Crippen molar-refractivity contribution in [3.8, 4) is 0 Å². The maximum absolute atomic E-state index is 12.6. The number of benzene rings is 1. The van der Waals surface area contributed by atoms with Crippen molar-refractivity contribution in [1.29, 1.82) is 0 Å².